The summed E-state index contributed by atoms with van der Waals surface area (Å²) in [6, 6.07) is 1.37. The second-order valence-electron chi connectivity index (χ2n) is 7.89. The van der Waals surface area contributed by atoms with E-state index in [1.54, 1.807) is 0 Å². The van der Waals surface area contributed by atoms with Crippen LogP contribution in [0.1, 0.15) is 27.7 Å². The minimum Gasteiger partial charge on any atom is -0.280 e. The molecule has 1 unspecified atom stereocenters. The highest BCUT2D eigenvalue weighted by molar-refractivity contribution is 7.46. The Labute approximate surface area is 114 Å². The third-order valence-electron chi connectivity index (χ3n) is 3.12. The molecule has 0 spiro atoms. The molecule has 0 aliphatic heterocycles. The molecule has 0 heterocycles. The second kappa shape index (κ2) is 6.32. The molecular weight excluding hydrogens is 257 g/mol. The molecule has 0 radical (unpaired) electrons. The first-order valence-electron chi connectivity index (χ1n) is 6.92. The Hall–Kier alpha value is 0.824. The fourth-order valence-corrected chi connectivity index (χ4v) is 18.0. The Kier molecular flexibility index (Phi) is 6.62. The lowest BCUT2D eigenvalue weighted by Crippen LogP contribution is -2.53. The number of hydrogen-bond donors (Lipinski definition) is 0. The summed E-state index contributed by atoms with van der Waals surface area (Å²) in [5, 5.41) is 0. The van der Waals surface area contributed by atoms with Gasteiger partial charge in [-0.25, -0.2) is 0 Å². The molecule has 0 rings (SSSR count). The lowest BCUT2D eigenvalue weighted by Gasteiger charge is -2.43. The van der Waals surface area contributed by atoms with E-state index in [4.69, 9.17) is 0 Å². The van der Waals surface area contributed by atoms with Crippen molar-refractivity contribution in [3.63, 3.8) is 0 Å². The first kappa shape index (κ1) is 17.8. The van der Waals surface area contributed by atoms with Crippen molar-refractivity contribution >= 4 is 24.9 Å². The van der Waals surface area contributed by atoms with Crippen LogP contribution in [0.15, 0.2) is 0 Å². The van der Waals surface area contributed by atoms with Crippen LogP contribution in [0.5, 0.6) is 0 Å². The van der Waals surface area contributed by atoms with Gasteiger partial charge in [-0.1, -0.05) is 48.0 Å². The van der Waals surface area contributed by atoms with Crippen LogP contribution in [-0.4, -0.2) is 37.8 Å². The van der Waals surface area contributed by atoms with Crippen molar-refractivity contribution in [3.8, 4) is 0 Å². The molecule has 1 nitrogen and oxygen atoms in total. The molecule has 1 atom stereocenters. The third-order valence-corrected chi connectivity index (χ3v) is 19.3. The first-order chi connectivity index (χ1) is 7.37. The summed E-state index contributed by atoms with van der Waals surface area (Å²) in [6.07, 6.45) is 0. The predicted molar refractivity (Wildman–Crippen MR) is 90.9 cm³/mol. The van der Waals surface area contributed by atoms with Gasteiger partial charge in [0, 0.05) is 12.1 Å². The predicted octanol–water partition coefficient (Wildman–Crippen LogP) is 4.82. The zero-order valence-corrected chi connectivity index (χ0v) is 16.7. The van der Waals surface area contributed by atoms with Gasteiger partial charge < -0.3 is 0 Å². The fraction of sp³-hybridized carbons (Fsp3) is 1.00. The topological polar surface area (TPSA) is 3.24 Å². The molecular formula is C13H34NPSi2. The molecule has 0 aliphatic carbocycles. The van der Waals surface area contributed by atoms with Gasteiger partial charge in [-0.3, -0.25) is 4.67 Å². The van der Waals surface area contributed by atoms with Crippen molar-refractivity contribution in [1.29, 1.82) is 0 Å². The summed E-state index contributed by atoms with van der Waals surface area (Å²) < 4.78 is 2.72. The molecule has 0 bridgehead atoms. The minimum absolute atomic E-state index is 0.684. The maximum atomic E-state index is 2.72. The number of hydrogen-bond acceptors (Lipinski definition) is 1. The standard InChI is InChI=1S/C13H34NPSi2/c1-11(2)14(12(3)4)15-13(16(5,6)7)17(8,9)10/h11-13,15H,1-10H3. The van der Waals surface area contributed by atoms with E-state index in [0.29, 0.717) is 12.1 Å². The van der Waals surface area contributed by atoms with Crippen molar-refractivity contribution in [2.24, 2.45) is 0 Å². The lowest BCUT2D eigenvalue weighted by atomic mass is 10.3. The van der Waals surface area contributed by atoms with E-state index in [1.807, 2.05) is 0 Å². The van der Waals surface area contributed by atoms with Gasteiger partial charge in [0.2, 0.25) is 0 Å². The maximum absolute atomic E-state index is 2.72. The van der Waals surface area contributed by atoms with Crippen molar-refractivity contribution < 1.29 is 0 Å². The Morgan fingerprint density at radius 3 is 1.18 bits per heavy atom. The van der Waals surface area contributed by atoms with Crippen LogP contribution < -0.4 is 0 Å². The highest BCUT2D eigenvalue weighted by Crippen LogP contribution is 2.40. The molecule has 0 aromatic heterocycles. The monoisotopic (exact) mass is 291 g/mol. The summed E-state index contributed by atoms with van der Waals surface area (Å²) in [5.41, 5.74) is 0. The molecule has 104 valence electrons. The van der Waals surface area contributed by atoms with E-state index >= 15 is 0 Å². The molecule has 0 N–H and O–H groups in total. The van der Waals surface area contributed by atoms with Gasteiger partial charge >= 0.3 is 0 Å². The van der Waals surface area contributed by atoms with Crippen LogP contribution in [0.25, 0.3) is 0 Å². The third kappa shape index (κ3) is 6.00. The zero-order valence-electron chi connectivity index (χ0n) is 13.7. The maximum Gasteiger partial charge on any atom is 0.0503 e. The van der Waals surface area contributed by atoms with Crippen LogP contribution in [0.4, 0.5) is 0 Å². The lowest BCUT2D eigenvalue weighted by molar-refractivity contribution is 0.329. The quantitative estimate of drug-likeness (QED) is 0.501. The van der Waals surface area contributed by atoms with Crippen LogP contribution in [0.2, 0.25) is 39.3 Å². The number of rotatable bonds is 6. The molecule has 17 heavy (non-hydrogen) atoms. The van der Waals surface area contributed by atoms with Gasteiger partial charge in [0.25, 0.3) is 0 Å². The van der Waals surface area contributed by atoms with Crippen LogP contribution in [-0.2, 0) is 0 Å². The molecule has 0 saturated carbocycles. The summed E-state index contributed by atoms with van der Waals surface area (Å²) in [4.78, 5) is 1.01. The normalized spacial score (nSPS) is 15.2. The minimum atomic E-state index is -1.04. The summed E-state index contributed by atoms with van der Waals surface area (Å²) in [5.74, 6) is 0. The van der Waals surface area contributed by atoms with Crippen LogP contribution >= 0.6 is 8.73 Å². The SMILES string of the molecule is CC(C)N(PC([Si](C)(C)C)[Si](C)(C)C)C(C)C. The Bertz CT molecular complexity index is 207. The molecule has 0 saturated heterocycles. The van der Waals surface area contributed by atoms with Gasteiger partial charge in [0.15, 0.2) is 0 Å². The molecule has 4 heteroatoms. The van der Waals surface area contributed by atoms with E-state index in [0.717, 1.165) is 13.6 Å². The number of nitrogens with zero attached hydrogens (tertiary/aromatic N) is 1. The van der Waals surface area contributed by atoms with Gasteiger partial charge in [-0.2, -0.15) is 0 Å². The molecule has 0 fully saturated rings. The van der Waals surface area contributed by atoms with E-state index in [-0.39, 0.29) is 0 Å². The summed E-state index contributed by atoms with van der Waals surface area (Å²) in [7, 11) is -1.05. The largest absolute Gasteiger partial charge is 0.280 e. The van der Waals surface area contributed by atoms with Crippen molar-refractivity contribution in [3.05, 3.63) is 0 Å². The Morgan fingerprint density at radius 2 is 1.00 bits per heavy atom. The van der Waals surface area contributed by atoms with Crippen LogP contribution in [0.3, 0.4) is 0 Å². The van der Waals surface area contributed by atoms with E-state index < -0.39 is 16.1 Å². The second-order valence-corrected chi connectivity index (χ2v) is 21.6. The average molecular weight is 292 g/mol. The smallest absolute Gasteiger partial charge is 0.0503 e. The van der Waals surface area contributed by atoms with Crippen molar-refractivity contribution in [1.82, 2.24) is 4.67 Å². The van der Waals surface area contributed by atoms with Gasteiger partial charge in [0.05, 0.1) is 16.1 Å². The van der Waals surface area contributed by atoms with E-state index in [2.05, 4.69) is 71.6 Å². The van der Waals surface area contributed by atoms with Gasteiger partial charge in [0.1, 0.15) is 0 Å². The van der Waals surface area contributed by atoms with E-state index in [1.165, 1.54) is 0 Å². The molecule has 0 amide bonds. The average Bonchev–Trinajstić information content (AvgIpc) is 1.96. The van der Waals surface area contributed by atoms with Crippen LogP contribution in [0, 0.1) is 0 Å². The Morgan fingerprint density at radius 1 is 0.706 bits per heavy atom. The van der Waals surface area contributed by atoms with Gasteiger partial charge in [-0.15, -0.1) is 0 Å². The van der Waals surface area contributed by atoms with Crippen molar-refractivity contribution in [2.75, 3.05) is 0 Å². The first-order valence-corrected chi connectivity index (χ1v) is 15.1. The van der Waals surface area contributed by atoms with Crippen molar-refractivity contribution in [2.45, 2.75) is 84.0 Å². The molecule has 0 aromatic rings. The highest BCUT2D eigenvalue weighted by Gasteiger charge is 2.39. The molecule has 0 aliphatic rings. The molecule has 0 aromatic carbocycles. The summed E-state index contributed by atoms with van der Waals surface area (Å²) >= 11 is 0. The Balaban J connectivity index is 4.99. The summed E-state index contributed by atoms with van der Waals surface area (Å²) in [6.45, 7) is 24.7. The highest BCUT2D eigenvalue weighted by atomic mass is 31.1. The van der Waals surface area contributed by atoms with E-state index in [9.17, 15) is 0 Å². The fourth-order valence-electron chi connectivity index (χ4n) is 2.73. The van der Waals surface area contributed by atoms with Gasteiger partial charge in [-0.05, 0) is 32.6 Å². The zero-order chi connectivity index (χ0) is 14.0.